The number of aromatic amines is 1. The predicted molar refractivity (Wildman–Crippen MR) is 98.6 cm³/mol. The third-order valence-electron chi connectivity index (χ3n) is 3.83. The van der Waals surface area contributed by atoms with E-state index in [0.717, 1.165) is 12.3 Å². The van der Waals surface area contributed by atoms with Gasteiger partial charge in [-0.2, -0.15) is 14.2 Å². The Morgan fingerprint density at radius 3 is 2.27 bits per heavy atom. The van der Waals surface area contributed by atoms with Crippen LogP contribution in [0.5, 0.6) is 0 Å². The van der Waals surface area contributed by atoms with Crippen LogP contribution in [-0.2, 0) is 31.6 Å². The van der Waals surface area contributed by atoms with Crippen molar-refractivity contribution in [1.82, 2.24) is 9.55 Å². The molecule has 6 atom stereocenters. The first-order valence-corrected chi connectivity index (χ1v) is 12.6. The summed E-state index contributed by atoms with van der Waals surface area (Å²) in [5.41, 5.74) is 10.2. The molecule has 1 fully saturated rings. The molecule has 33 heavy (non-hydrogen) atoms. The lowest BCUT2D eigenvalue weighted by Gasteiger charge is -2.30. The van der Waals surface area contributed by atoms with E-state index < -0.39 is 72.0 Å². The molecule has 1 aliphatic heterocycles. The van der Waals surface area contributed by atoms with E-state index in [0.29, 0.717) is 4.57 Å². The molecule has 0 aromatic carbocycles. The molecule has 0 aliphatic carbocycles. The number of aliphatic hydroxyl groups is 1. The molecule has 1 saturated heterocycles. The molecule has 19 nitrogen and oxygen atoms in total. The van der Waals surface area contributed by atoms with Crippen LogP contribution in [-0.4, -0.2) is 65.3 Å². The highest BCUT2D eigenvalue weighted by molar-refractivity contribution is 7.66. The van der Waals surface area contributed by atoms with Gasteiger partial charge in [0.25, 0.3) is 5.56 Å². The summed E-state index contributed by atoms with van der Waals surface area (Å²) in [6.07, 6.45) is -5.56. The Morgan fingerprint density at radius 2 is 1.79 bits per heavy atom. The van der Waals surface area contributed by atoms with Gasteiger partial charge < -0.3 is 35.2 Å². The van der Waals surface area contributed by atoms with E-state index in [1.54, 1.807) is 0 Å². The number of nitrogens with two attached hydrogens (primary N) is 2. The van der Waals surface area contributed by atoms with Gasteiger partial charge in [-0.25, -0.2) is 22.9 Å². The molecule has 1 aliphatic rings. The number of rotatable bonds is 9. The Balaban J connectivity index is 0.00000265. The van der Waals surface area contributed by atoms with Gasteiger partial charge in [-0.15, -0.1) is 0 Å². The van der Waals surface area contributed by atoms with Crippen molar-refractivity contribution >= 4 is 23.5 Å². The minimum Gasteiger partial charge on any atom is -0.387 e. The van der Waals surface area contributed by atoms with Crippen molar-refractivity contribution in [3.63, 3.8) is 0 Å². The van der Waals surface area contributed by atoms with E-state index in [2.05, 4.69) is 18.7 Å². The summed E-state index contributed by atoms with van der Waals surface area (Å²) in [5.74, 6) is 0. The molecule has 0 saturated carbocycles. The van der Waals surface area contributed by atoms with Gasteiger partial charge in [0.2, 0.25) is 0 Å². The SMILES string of the molecule is N=[NH2+].NC[C@]1(COP(=O)(O)OP(=O)(O)OP(=O)(O)O)O[C@@H](n2ccc(=O)[nH]c2=O)[C@H](F)[C@@H]1O. The van der Waals surface area contributed by atoms with Crippen LogP contribution in [0.4, 0.5) is 4.39 Å². The maximum Gasteiger partial charge on any atom is 0.490 e. The number of hydrogen-bond acceptors (Lipinski definition) is 12. The quantitative estimate of drug-likeness (QED) is 0.108. The molecule has 23 heteroatoms. The highest BCUT2D eigenvalue weighted by atomic mass is 31.3. The number of phosphoric ester groups is 1. The minimum atomic E-state index is -5.82. The zero-order valence-electron chi connectivity index (χ0n) is 16.0. The van der Waals surface area contributed by atoms with Gasteiger partial charge in [0.15, 0.2) is 12.4 Å². The van der Waals surface area contributed by atoms with Crippen LogP contribution < -0.4 is 22.5 Å². The van der Waals surface area contributed by atoms with E-state index in [9.17, 15) is 37.7 Å². The van der Waals surface area contributed by atoms with E-state index in [1.807, 2.05) is 4.98 Å². The summed E-state index contributed by atoms with van der Waals surface area (Å²) in [6.45, 7) is -2.04. The highest BCUT2D eigenvalue weighted by Crippen LogP contribution is 2.66. The summed E-state index contributed by atoms with van der Waals surface area (Å²) in [6, 6.07) is 0.846. The average Bonchev–Trinajstić information content (AvgIpc) is 2.91. The van der Waals surface area contributed by atoms with Crippen molar-refractivity contribution in [2.45, 2.75) is 24.1 Å². The number of ether oxygens (including phenoxy) is 1. The third kappa shape index (κ3) is 7.76. The van der Waals surface area contributed by atoms with Gasteiger partial charge in [-0.3, -0.25) is 18.9 Å². The molecule has 2 heterocycles. The average molecular weight is 546 g/mol. The normalized spacial score (nSPS) is 28.9. The molecular weight excluding hydrogens is 526 g/mol. The minimum absolute atomic E-state index is 0.553. The van der Waals surface area contributed by atoms with Crippen LogP contribution in [0, 0.1) is 5.53 Å². The molecule has 2 rings (SSSR count). The van der Waals surface area contributed by atoms with Crippen LogP contribution in [0.25, 0.3) is 0 Å². The molecule has 0 bridgehead atoms. The number of alkyl halides is 1. The van der Waals surface area contributed by atoms with E-state index >= 15 is 0 Å². The van der Waals surface area contributed by atoms with Gasteiger partial charge >= 0.3 is 29.2 Å². The molecule has 0 spiro atoms. The van der Waals surface area contributed by atoms with E-state index in [1.165, 1.54) is 0 Å². The van der Waals surface area contributed by atoms with E-state index in [-0.39, 0.29) is 0 Å². The lowest BCUT2D eigenvalue weighted by atomic mass is 9.97. The lowest BCUT2D eigenvalue weighted by Crippen LogP contribution is -2.51. The van der Waals surface area contributed by atoms with Crippen LogP contribution in [0.3, 0.4) is 0 Å². The Morgan fingerprint density at radius 1 is 1.21 bits per heavy atom. The van der Waals surface area contributed by atoms with Gasteiger partial charge in [-0.05, 0) is 0 Å². The van der Waals surface area contributed by atoms with Gasteiger partial charge in [0, 0.05) is 18.8 Å². The third-order valence-corrected chi connectivity index (χ3v) is 7.61. The molecule has 190 valence electrons. The second kappa shape index (κ2) is 10.8. The second-order valence-corrected chi connectivity index (χ2v) is 10.5. The smallest absolute Gasteiger partial charge is 0.387 e. The van der Waals surface area contributed by atoms with Crippen LogP contribution in [0.1, 0.15) is 6.23 Å². The van der Waals surface area contributed by atoms with Crippen LogP contribution >= 0.6 is 23.5 Å². The van der Waals surface area contributed by atoms with Crippen molar-refractivity contribution in [3.05, 3.63) is 33.1 Å². The molecule has 2 unspecified atom stereocenters. The number of phosphoric acid groups is 3. The summed E-state index contributed by atoms with van der Waals surface area (Å²) < 4.78 is 65.6. The van der Waals surface area contributed by atoms with Crippen molar-refractivity contribution in [2.75, 3.05) is 13.2 Å². The standard InChI is InChI=1S/C10H17FN3O14P3.H2N2/c11-6-7(16)10(3-12,26-8(6)14-2-1-5(15)13-9(14)17)4-25-30(21,22)28-31(23,24)27-29(18,19)20;1-2/h1-2,6-8,16H,3-4,12H2,(H,21,22)(H,23,24)(H,13,15,17)(H2,18,19,20);1-2H/p+1/t6-,7+,8-,10-;/m1./s1. The number of aliphatic hydroxyl groups excluding tert-OH is 1. The molecule has 0 amide bonds. The number of halogens is 1. The van der Waals surface area contributed by atoms with Crippen molar-refractivity contribution in [3.8, 4) is 0 Å². The Bertz CT molecular complexity index is 1090. The molecule has 11 N–H and O–H groups in total. The summed E-state index contributed by atoms with van der Waals surface area (Å²) in [4.78, 5) is 60.4. The predicted octanol–water partition coefficient (Wildman–Crippen LogP) is -3.42. The van der Waals surface area contributed by atoms with Gasteiger partial charge in [0.05, 0.1) is 6.61 Å². The number of nitrogens with zero attached hydrogens (tertiary/aromatic N) is 1. The number of H-pyrrole nitrogens is 1. The first kappa shape index (κ1) is 29.5. The van der Waals surface area contributed by atoms with Crippen LogP contribution in [0.2, 0.25) is 0 Å². The fraction of sp³-hybridized carbons (Fsp3) is 0.600. The number of nitrogens with one attached hydrogen (secondary N) is 2. The largest absolute Gasteiger partial charge is 0.490 e. The number of hydrogen-bond donors (Lipinski definition) is 9. The zero-order valence-corrected chi connectivity index (χ0v) is 18.7. The monoisotopic (exact) mass is 546 g/mol. The Kier molecular flexibility index (Phi) is 9.69. The van der Waals surface area contributed by atoms with Gasteiger partial charge in [-0.1, -0.05) is 5.53 Å². The maximum absolute atomic E-state index is 14.6. The molecule has 1 aromatic rings. The first-order valence-electron chi connectivity index (χ1n) is 8.10. The maximum atomic E-state index is 14.6. The summed E-state index contributed by atoms with van der Waals surface area (Å²) >= 11 is 0. The van der Waals surface area contributed by atoms with Crippen molar-refractivity contribution in [1.29, 1.82) is 5.53 Å². The lowest BCUT2D eigenvalue weighted by molar-refractivity contribution is -0.249. The van der Waals surface area contributed by atoms with Crippen molar-refractivity contribution < 1.29 is 66.2 Å². The highest BCUT2D eigenvalue weighted by Gasteiger charge is 2.57. The fourth-order valence-corrected chi connectivity index (χ4v) is 5.58. The van der Waals surface area contributed by atoms with Crippen LogP contribution in [0.15, 0.2) is 21.9 Å². The Labute approximate surface area is 181 Å². The second-order valence-electron chi connectivity index (χ2n) is 6.05. The Hall–Kier alpha value is -1.50. The molecular formula is C10H20FN5O14P3+. The van der Waals surface area contributed by atoms with Crippen molar-refractivity contribution in [2.24, 2.45) is 5.73 Å². The molecule has 0 radical (unpaired) electrons. The van der Waals surface area contributed by atoms with Gasteiger partial charge in [0.1, 0.15) is 11.7 Å². The fourth-order valence-electron chi connectivity index (χ4n) is 2.50. The first-order chi connectivity index (χ1) is 15.0. The number of aromatic nitrogens is 2. The summed E-state index contributed by atoms with van der Waals surface area (Å²) in [7, 11) is -17.1. The molecule has 1 aromatic heterocycles. The zero-order chi connectivity index (χ0) is 25.8. The van der Waals surface area contributed by atoms with E-state index in [4.69, 9.17) is 30.7 Å². The topological polar surface area (TPSA) is 320 Å². The summed E-state index contributed by atoms with van der Waals surface area (Å²) in [5, 5.41) is 10.2.